The summed E-state index contributed by atoms with van der Waals surface area (Å²) in [5.74, 6) is 0. The van der Waals surface area contributed by atoms with Crippen molar-refractivity contribution >= 4 is 5.69 Å². The predicted molar refractivity (Wildman–Crippen MR) is 60.8 cm³/mol. The van der Waals surface area contributed by atoms with E-state index in [2.05, 4.69) is 29.3 Å². The maximum atomic E-state index is 8.85. The number of nitrogens with zero attached hydrogens (tertiary/aromatic N) is 2. The minimum atomic E-state index is 0.493. The molecule has 78 valence electrons. The SMILES string of the molecule is C[C@@H]1CNCCN1c1cccc(C#N)c1. The number of rotatable bonds is 1. The van der Waals surface area contributed by atoms with E-state index in [1.54, 1.807) is 0 Å². The summed E-state index contributed by atoms with van der Waals surface area (Å²) in [6.45, 7) is 5.24. The van der Waals surface area contributed by atoms with Crippen molar-refractivity contribution in [1.29, 1.82) is 5.26 Å². The van der Waals surface area contributed by atoms with Gasteiger partial charge in [-0.05, 0) is 25.1 Å². The van der Waals surface area contributed by atoms with Gasteiger partial charge in [0.15, 0.2) is 0 Å². The van der Waals surface area contributed by atoms with Crippen LogP contribution in [0.5, 0.6) is 0 Å². The molecule has 1 aliphatic rings. The summed E-state index contributed by atoms with van der Waals surface area (Å²) in [5.41, 5.74) is 1.89. The molecule has 1 saturated heterocycles. The van der Waals surface area contributed by atoms with Crippen LogP contribution in [0.3, 0.4) is 0 Å². The highest BCUT2D eigenvalue weighted by Crippen LogP contribution is 2.19. The predicted octanol–water partition coefficient (Wildman–Crippen LogP) is 1.36. The fraction of sp³-hybridized carbons (Fsp3) is 0.417. The van der Waals surface area contributed by atoms with Crippen molar-refractivity contribution in [3.63, 3.8) is 0 Å². The molecule has 0 aromatic heterocycles. The topological polar surface area (TPSA) is 39.1 Å². The molecule has 1 N–H and O–H groups in total. The Morgan fingerprint density at radius 3 is 3.13 bits per heavy atom. The molecule has 0 unspecified atom stereocenters. The van der Waals surface area contributed by atoms with Gasteiger partial charge in [-0.1, -0.05) is 6.07 Å². The van der Waals surface area contributed by atoms with Crippen LogP contribution in [-0.2, 0) is 0 Å². The van der Waals surface area contributed by atoms with Crippen LogP contribution in [0.15, 0.2) is 24.3 Å². The van der Waals surface area contributed by atoms with Crippen LogP contribution >= 0.6 is 0 Å². The van der Waals surface area contributed by atoms with Crippen molar-refractivity contribution in [3.8, 4) is 6.07 Å². The molecule has 1 heterocycles. The van der Waals surface area contributed by atoms with Crippen molar-refractivity contribution in [2.75, 3.05) is 24.5 Å². The van der Waals surface area contributed by atoms with E-state index in [0.29, 0.717) is 6.04 Å². The maximum absolute atomic E-state index is 8.85. The van der Waals surface area contributed by atoms with E-state index < -0.39 is 0 Å². The molecular weight excluding hydrogens is 186 g/mol. The molecule has 1 aliphatic heterocycles. The Labute approximate surface area is 90.3 Å². The Hall–Kier alpha value is -1.53. The Bertz CT molecular complexity index is 381. The van der Waals surface area contributed by atoms with Crippen LogP contribution in [0, 0.1) is 11.3 Å². The van der Waals surface area contributed by atoms with Gasteiger partial charge in [-0.2, -0.15) is 5.26 Å². The van der Waals surface area contributed by atoms with Gasteiger partial charge in [-0.15, -0.1) is 0 Å². The van der Waals surface area contributed by atoms with Gasteiger partial charge < -0.3 is 10.2 Å². The molecule has 0 amide bonds. The quantitative estimate of drug-likeness (QED) is 0.745. The molecule has 1 aromatic carbocycles. The molecule has 0 spiro atoms. The molecule has 0 bridgehead atoms. The molecule has 0 aliphatic carbocycles. The van der Waals surface area contributed by atoms with Gasteiger partial charge in [0.1, 0.15) is 0 Å². The van der Waals surface area contributed by atoms with Gasteiger partial charge in [-0.25, -0.2) is 0 Å². The largest absolute Gasteiger partial charge is 0.366 e. The number of anilines is 1. The van der Waals surface area contributed by atoms with Gasteiger partial charge >= 0.3 is 0 Å². The van der Waals surface area contributed by atoms with E-state index in [9.17, 15) is 0 Å². The maximum Gasteiger partial charge on any atom is 0.0992 e. The molecule has 3 heteroatoms. The van der Waals surface area contributed by atoms with E-state index in [-0.39, 0.29) is 0 Å². The average molecular weight is 201 g/mol. The van der Waals surface area contributed by atoms with E-state index in [0.717, 1.165) is 30.9 Å². The van der Waals surface area contributed by atoms with Gasteiger partial charge in [0.25, 0.3) is 0 Å². The molecule has 15 heavy (non-hydrogen) atoms. The molecule has 1 fully saturated rings. The summed E-state index contributed by atoms with van der Waals surface area (Å²) in [4.78, 5) is 2.34. The second kappa shape index (κ2) is 4.33. The van der Waals surface area contributed by atoms with E-state index >= 15 is 0 Å². The fourth-order valence-corrected chi connectivity index (χ4v) is 1.98. The summed E-state index contributed by atoms with van der Waals surface area (Å²) >= 11 is 0. The molecule has 0 saturated carbocycles. The Kier molecular flexibility index (Phi) is 2.89. The summed E-state index contributed by atoms with van der Waals surface area (Å²) in [5, 5.41) is 12.2. The smallest absolute Gasteiger partial charge is 0.0992 e. The van der Waals surface area contributed by atoms with E-state index in [1.807, 2.05) is 18.2 Å². The summed E-state index contributed by atoms with van der Waals surface area (Å²) < 4.78 is 0. The lowest BCUT2D eigenvalue weighted by atomic mass is 10.1. The third-order valence-corrected chi connectivity index (χ3v) is 2.81. The van der Waals surface area contributed by atoms with E-state index in [1.165, 1.54) is 0 Å². The van der Waals surface area contributed by atoms with Crippen LogP contribution in [-0.4, -0.2) is 25.7 Å². The number of hydrogen-bond donors (Lipinski definition) is 1. The van der Waals surface area contributed by atoms with Gasteiger partial charge in [0.05, 0.1) is 11.6 Å². The normalized spacial score (nSPS) is 21.1. The molecular formula is C12H15N3. The monoisotopic (exact) mass is 201 g/mol. The third kappa shape index (κ3) is 2.11. The zero-order chi connectivity index (χ0) is 10.7. The van der Waals surface area contributed by atoms with Crippen molar-refractivity contribution in [3.05, 3.63) is 29.8 Å². The highest BCUT2D eigenvalue weighted by Gasteiger charge is 2.17. The van der Waals surface area contributed by atoms with Crippen molar-refractivity contribution in [2.45, 2.75) is 13.0 Å². The second-order valence-corrected chi connectivity index (χ2v) is 3.91. The lowest BCUT2D eigenvalue weighted by Gasteiger charge is -2.35. The molecule has 3 nitrogen and oxygen atoms in total. The zero-order valence-electron chi connectivity index (χ0n) is 8.90. The average Bonchev–Trinajstić information content (AvgIpc) is 2.30. The molecule has 1 aromatic rings. The van der Waals surface area contributed by atoms with E-state index in [4.69, 9.17) is 5.26 Å². The van der Waals surface area contributed by atoms with Crippen molar-refractivity contribution in [1.82, 2.24) is 5.32 Å². The van der Waals surface area contributed by atoms with Crippen LogP contribution in [0.25, 0.3) is 0 Å². The zero-order valence-corrected chi connectivity index (χ0v) is 8.90. The van der Waals surface area contributed by atoms with Gasteiger partial charge in [-0.3, -0.25) is 0 Å². The third-order valence-electron chi connectivity index (χ3n) is 2.81. The van der Waals surface area contributed by atoms with Crippen molar-refractivity contribution < 1.29 is 0 Å². The minimum absolute atomic E-state index is 0.493. The van der Waals surface area contributed by atoms with Gasteiger partial charge in [0.2, 0.25) is 0 Å². The Balaban J connectivity index is 2.24. The number of nitrogens with one attached hydrogen (secondary N) is 1. The molecule has 2 rings (SSSR count). The number of hydrogen-bond acceptors (Lipinski definition) is 3. The van der Waals surface area contributed by atoms with Crippen LogP contribution in [0.2, 0.25) is 0 Å². The lowest BCUT2D eigenvalue weighted by molar-refractivity contribution is 0.501. The lowest BCUT2D eigenvalue weighted by Crippen LogP contribution is -2.49. The first kappa shape index (κ1) is 10.0. The number of nitriles is 1. The first-order chi connectivity index (χ1) is 7.31. The Morgan fingerprint density at radius 1 is 1.53 bits per heavy atom. The van der Waals surface area contributed by atoms with Crippen LogP contribution in [0.4, 0.5) is 5.69 Å². The second-order valence-electron chi connectivity index (χ2n) is 3.91. The standard InChI is InChI=1S/C12H15N3/c1-10-9-14-5-6-15(10)12-4-2-3-11(7-12)8-13/h2-4,7,10,14H,5-6,9H2,1H3/t10-/m1/s1. The number of benzene rings is 1. The minimum Gasteiger partial charge on any atom is -0.366 e. The highest BCUT2D eigenvalue weighted by molar-refractivity contribution is 5.52. The highest BCUT2D eigenvalue weighted by atomic mass is 15.2. The van der Waals surface area contributed by atoms with Gasteiger partial charge in [0, 0.05) is 31.4 Å². The summed E-state index contributed by atoms with van der Waals surface area (Å²) in [6.07, 6.45) is 0. The molecule has 0 radical (unpaired) electrons. The molecule has 1 atom stereocenters. The first-order valence-electron chi connectivity index (χ1n) is 5.29. The van der Waals surface area contributed by atoms with Crippen LogP contribution < -0.4 is 10.2 Å². The van der Waals surface area contributed by atoms with Crippen molar-refractivity contribution in [2.24, 2.45) is 0 Å². The summed E-state index contributed by atoms with van der Waals surface area (Å²) in [6, 6.07) is 10.5. The number of piperazine rings is 1. The fourth-order valence-electron chi connectivity index (χ4n) is 1.98. The first-order valence-corrected chi connectivity index (χ1v) is 5.29. The summed E-state index contributed by atoms with van der Waals surface area (Å²) in [7, 11) is 0. The van der Waals surface area contributed by atoms with Crippen LogP contribution in [0.1, 0.15) is 12.5 Å². The Morgan fingerprint density at radius 2 is 2.40 bits per heavy atom.